The van der Waals surface area contributed by atoms with E-state index in [1.165, 1.54) is 75.5 Å². The third kappa shape index (κ3) is 8.01. The molecule has 2 fully saturated rings. The molecular weight excluding hydrogens is 566 g/mol. The topological polar surface area (TPSA) is 76.2 Å². The Balaban J connectivity index is 1.16. The van der Waals surface area contributed by atoms with Crippen molar-refractivity contribution in [1.29, 1.82) is 0 Å². The Kier molecular flexibility index (Phi) is 10.8. The molecular formula is C36H49N5O2S. The number of para-hydroxylation sites is 1. The van der Waals surface area contributed by atoms with E-state index in [1.54, 1.807) is 18.4 Å². The second kappa shape index (κ2) is 15.4. The molecule has 1 aromatic heterocycles. The third-order valence-electron chi connectivity index (χ3n) is 9.76. The molecule has 7 nitrogen and oxygen atoms in total. The van der Waals surface area contributed by atoms with Crippen LogP contribution < -0.4 is 10.5 Å². The minimum Gasteiger partial charge on any atom is -0.457 e. The van der Waals surface area contributed by atoms with E-state index in [0.717, 1.165) is 54.7 Å². The Hall–Kier alpha value is -2.94. The van der Waals surface area contributed by atoms with Crippen LogP contribution in [0.5, 0.6) is 11.5 Å². The number of aromatic nitrogens is 1. The average molecular weight is 616 g/mol. The van der Waals surface area contributed by atoms with Crippen molar-refractivity contribution in [3.8, 4) is 11.5 Å². The van der Waals surface area contributed by atoms with Gasteiger partial charge in [-0.3, -0.25) is 4.90 Å². The van der Waals surface area contributed by atoms with Gasteiger partial charge in [0.2, 0.25) is 0 Å². The number of guanidine groups is 1. The molecule has 0 spiro atoms. The SMILES string of the molecule is COCc1nc(CN(CCC[C@@H](C2CCCCC2)N2Cc3cc(Oc4ccccc4)ccc3N=C2N)C2CCCCC2)cs1. The number of nitrogens with two attached hydrogens (primary N) is 1. The van der Waals surface area contributed by atoms with Crippen LogP contribution in [0.2, 0.25) is 0 Å². The fourth-order valence-electron chi connectivity index (χ4n) is 7.55. The number of hydrogen-bond donors (Lipinski definition) is 1. The van der Waals surface area contributed by atoms with Crippen molar-refractivity contribution in [2.24, 2.45) is 16.6 Å². The van der Waals surface area contributed by atoms with Crippen LogP contribution in [-0.4, -0.2) is 46.5 Å². The molecule has 1 atom stereocenters. The molecule has 0 unspecified atom stereocenters. The summed E-state index contributed by atoms with van der Waals surface area (Å²) < 4.78 is 11.5. The lowest BCUT2D eigenvalue weighted by atomic mass is 9.81. The average Bonchev–Trinajstić information content (AvgIpc) is 3.51. The molecule has 6 rings (SSSR count). The Morgan fingerprint density at radius 3 is 2.52 bits per heavy atom. The summed E-state index contributed by atoms with van der Waals surface area (Å²) in [5, 5.41) is 3.30. The van der Waals surface area contributed by atoms with Gasteiger partial charge in [0.1, 0.15) is 16.5 Å². The van der Waals surface area contributed by atoms with E-state index in [4.69, 9.17) is 25.2 Å². The maximum atomic E-state index is 6.76. The van der Waals surface area contributed by atoms with Crippen LogP contribution in [0.3, 0.4) is 0 Å². The number of aliphatic imine (C=N–C) groups is 1. The van der Waals surface area contributed by atoms with E-state index in [-0.39, 0.29) is 0 Å². The summed E-state index contributed by atoms with van der Waals surface area (Å²) in [6, 6.07) is 17.2. The number of nitrogens with zero attached hydrogens (tertiary/aromatic N) is 4. The summed E-state index contributed by atoms with van der Waals surface area (Å²) in [6.07, 6.45) is 15.5. The van der Waals surface area contributed by atoms with Gasteiger partial charge in [-0.05, 0) is 81.3 Å². The molecule has 44 heavy (non-hydrogen) atoms. The summed E-state index contributed by atoms with van der Waals surface area (Å²) in [5.74, 6) is 3.01. The quantitative estimate of drug-likeness (QED) is 0.208. The molecule has 0 radical (unpaired) electrons. The first-order chi connectivity index (χ1) is 21.7. The largest absolute Gasteiger partial charge is 0.457 e. The molecule has 2 saturated carbocycles. The maximum Gasteiger partial charge on any atom is 0.197 e. The van der Waals surface area contributed by atoms with E-state index >= 15 is 0 Å². The Morgan fingerprint density at radius 2 is 1.75 bits per heavy atom. The Labute approximate surface area is 267 Å². The van der Waals surface area contributed by atoms with Crippen molar-refractivity contribution in [3.05, 3.63) is 70.2 Å². The number of hydrogen-bond acceptors (Lipinski definition) is 8. The molecule has 2 N–H and O–H groups in total. The second-order valence-corrected chi connectivity index (χ2v) is 13.8. The van der Waals surface area contributed by atoms with E-state index in [0.29, 0.717) is 30.6 Å². The molecule has 8 heteroatoms. The van der Waals surface area contributed by atoms with Crippen LogP contribution in [0.25, 0.3) is 0 Å². The van der Waals surface area contributed by atoms with Gasteiger partial charge >= 0.3 is 0 Å². The molecule has 2 aliphatic carbocycles. The fraction of sp³-hybridized carbons (Fsp3) is 0.556. The Morgan fingerprint density at radius 1 is 0.977 bits per heavy atom. The first-order valence-corrected chi connectivity index (χ1v) is 17.7. The van der Waals surface area contributed by atoms with Crippen molar-refractivity contribution in [2.75, 3.05) is 13.7 Å². The Bertz CT molecular complexity index is 1350. The maximum absolute atomic E-state index is 6.76. The van der Waals surface area contributed by atoms with Crippen LogP contribution in [0, 0.1) is 5.92 Å². The predicted molar refractivity (Wildman–Crippen MR) is 179 cm³/mol. The number of methoxy groups -OCH3 is 1. The summed E-state index contributed by atoms with van der Waals surface area (Å²) in [7, 11) is 1.74. The zero-order valence-corrected chi connectivity index (χ0v) is 27.1. The smallest absolute Gasteiger partial charge is 0.197 e. The van der Waals surface area contributed by atoms with Crippen molar-refractivity contribution in [2.45, 2.75) is 109 Å². The van der Waals surface area contributed by atoms with Gasteiger partial charge in [-0.2, -0.15) is 0 Å². The molecule has 3 aromatic rings. The molecule has 1 aliphatic heterocycles. The molecule has 2 heterocycles. The lowest BCUT2D eigenvalue weighted by Gasteiger charge is -2.42. The monoisotopic (exact) mass is 615 g/mol. The molecule has 3 aliphatic rings. The zero-order valence-electron chi connectivity index (χ0n) is 26.3. The number of benzene rings is 2. The van der Waals surface area contributed by atoms with Crippen LogP contribution in [-0.2, 0) is 24.4 Å². The second-order valence-electron chi connectivity index (χ2n) is 12.8. The van der Waals surface area contributed by atoms with E-state index in [2.05, 4.69) is 21.2 Å². The summed E-state index contributed by atoms with van der Waals surface area (Å²) in [4.78, 5) is 15.0. The molecule has 0 saturated heterocycles. The molecule has 0 amide bonds. The summed E-state index contributed by atoms with van der Waals surface area (Å²) in [6.45, 7) is 3.41. The fourth-order valence-corrected chi connectivity index (χ4v) is 8.30. The predicted octanol–water partition coefficient (Wildman–Crippen LogP) is 8.41. The number of thiazole rings is 1. The van der Waals surface area contributed by atoms with Crippen molar-refractivity contribution < 1.29 is 9.47 Å². The van der Waals surface area contributed by atoms with Crippen LogP contribution in [0.4, 0.5) is 5.69 Å². The highest BCUT2D eigenvalue weighted by molar-refractivity contribution is 7.09. The van der Waals surface area contributed by atoms with E-state index in [9.17, 15) is 0 Å². The first-order valence-electron chi connectivity index (χ1n) is 16.8. The summed E-state index contributed by atoms with van der Waals surface area (Å²) in [5.41, 5.74) is 10.1. The molecule has 2 aromatic carbocycles. The van der Waals surface area contributed by atoms with E-state index < -0.39 is 0 Å². The number of ether oxygens (including phenoxy) is 2. The van der Waals surface area contributed by atoms with Gasteiger partial charge in [0.05, 0.1) is 18.0 Å². The van der Waals surface area contributed by atoms with E-state index in [1.807, 2.05) is 42.5 Å². The highest BCUT2D eigenvalue weighted by Gasteiger charge is 2.33. The minimum atomic E-state index is 0.395. The van der Waals surface area contributed by atoms with Crippen molar-refractivity contribution in [1.82, 2.24) is 14.8 Å². The lowest BCUT2D eigenvalue weighted by molar-refractivity contribution is 0.125. The van der Waals surface area contributed by atoms with Crippen molar-refractivity contribution in [3.63, 3.8) is 0 Å². The highest BCUT2D eigenvalue weighted by Crippen LogP contribution is 2.37. The van der Waals surface area contributed by atoms with Gasteiger partial charge in [-0.15, -0.1) is 11.3 Å². The number of rotatable bonds is 13. The van der Waals surface area contributed by atoms with Crippen molar-refractivity contribution >= 4 is 23.0 Å². The van der Waals surface area contributed by atoms with Crippen LogP contribution in [0.15, 0.2) is 58.9 Å². The van der Waals surface area contributed by atoms with Gasteiger partial charge in [0.15, 0.2) is 5.96 Å². The van der Waals surface area contributed by atoms with Gasteiger partial charge in [0, 0.05) is 43.2 Å². The third-order valence-corrected chi connectivity index (χ3v) is 10.6. The highest BCUT2D eigenvalue weighted by atomic mass is 32.1. The molecule has 0 bridgehead atoms. The van der Waals surface area contributed by atoms with Crippen LogP contribution in [0.1, 0.15) is 93.3 Å². The first kappa shape index (κ1) is 31.1. The number of fused-ring (bicyclic) bond motifs is 1. The standard InChI is InChI=1S/C36H49N5O2S/c1-42-25-35-38-29(26-44-35)24-40(30-14-7-3-8-15-30)21-11-18-34(27-12-5-2-6-13-27)41-23-28-22-32(19-20-33(28)39-36(41)37)43-31-16-9-4-10-17-31/h4,9-10,16-17,19-20,22,26-27,30,34H,2-3,5-8,11-15,18,21,23-25H2,1H3,(H2,37,39)/t34-/m0/s1. The van der Waals surface area contributed by atoms with Gasteiger partial charge in [-0.1, -0.05) is 56.7 Å². The zero-order chi connectivity index (χ0) is 30.1. The van der Waals surface area contributed by atoms with Crippen LogP contribution >= 0.6 is 11.3 Å². The van der Waals surface area contributed by atoms with Gasteiger partial charge in [0.25, 0.3) is 0 Å². The lowest BCUT2D eigenvalue weighted by Crippen LogP contribution is -2.49. The molecule has 236 valence electrons. The van der Waals surface area contributed by atoms with Gasteiger partial charge in [-0.25, -0.2) is 9.98 Å². The minimum absolute atomic E-state index is 0.395. The normalized spacial score (nSPS) is 18.7. The van der Waals surface area contributed by atoms with Gasteiger partial charge < -0.3 is 20.1 Å². The summed E-state index contributed by atoms with van der Waals surface area (Å²) >= 11 is 1.72.